The van der Waals surface area contributed by atoms with Gasteiger partial charge in [0.15, 0.2) is 0 Å². The third-order valence-electron chi connectivity index (χ3n) is 6.09. The number of hydrogen-bond donors (Lipinski definition) is 2. The zero-order valence-electron chi connectivity index (χ0n) is 16.0. The number of carbonyl (C=O) groups is 3. The Hall–Kier alpha value is -3.49. The molecule has 2 aromatic rings. The summed E-state index contributed by atoms with van der Waals surface area (Å²) in [7, 11) is 1.41. The first-order valence-electron chi connectivity index (χ1n) is 9.57. The van der Waals surface area contributed by atoms with Crippen molar-refractivity contribution < 1.29 is 23.2 Å². The fourth-order valence-corrected chi connectivity index (χ4v) is 4.43. The predicted molar refractivity (Wildman–Crippen MR) is 104 cm³/mol. The largest absolute Gasteiger partial charge is 0.368 e. The Bertz CT molecular complexity index is 1090. The molecule has 3 aliphatic rings. The zero-order chi connectivity index (χ0) is 21.2. The number of nitrogens with one attached hydrogen (secondary N) is 2. The maximum Gasteiger partial charge on any atom is 0.319 e. The topological polar surface area (TPSA) is 81.8 Å². The normalized spacial score (nSPS) is 24.0. The van der Waals surface area contributed by atoms with Crippen molar-refractivity contribution in [2.45, 2.75) is 6.04 Å². The molecular weight excluding hydrogens is 394 g/mol. The lowest BCUT2D eigenvalue weighted by Gasteiger charge is -2.23. The molecule has 0 radical (unpaired) electrons. The van der Waals surface area contributed by atoms with Crippen LogP contribution in [0.4, 0.5) is 25.0 Å². The van der Waals surface area contributed by atoms with Crippen molar-refractivity contribution in [3.05, 3.63) is 59.2 Å². The standard InChI is InChI=1S/C21H18F2N4O3/c1-26-19(28)12-4-3-11(7-13(12)20(26)29)24-21(30)25-18-14-8-27(9-15(14)18)17-5-2-10(22)6-16(17)23/h2-7,14-15,18H,8-9H2,1H3,(H2,24,25,30). The van der Waals surface area contributed by atoms with E-state index in [0.717, 1.165) is 11.0 Å². The van der Waals surface area contributed by atoms with Crippen molar-refractivity contribution in [2.75, 3.05) is 30.4 Å². The van der Waals surface area contributed by atoms with Crippen molar-refractivity contribution in [2.24, 2.45) is 11.8 Å². The highest BCUT2D eigenvalue weighted by Gasteiger charge is 2.56. The molecule has 154 valence electrons. The number of nitrogens with zero attached hydrogens (tertiary/aromatic N) is 2. The average Bonchev–Trinajstić information content (AvgIpc) is 3.05. The van der Waals surface area contributed by atoms with Gasteiger partial charge in [-0.3, -0.25) is 14.5 Å². The number of hydrogen-bond acceptors (Lipinski definition) is 4. The molecule has 2 unspecified atom stereocenters. The lowest BCUT2D eigenvalue weighted by Crippen LogP contribution is -2.37. The lowest BCUT2D eigenvalue weighted by atomic mass is 10.1. The Labute approximate surface area is 170 Å². The molecule has 1 saturated heterocycles. The van der Waals surface area contributed by atoms with E-state index in [1.54, 1.807) is 6.07 Å². The van der Waals surface area contributed by atoms with Crippen LogP contribution >= 0.6 is 0 Å². The fraction of sp³-hybridized carbons (Fsp3) is 0.286. The molecule has 7 nitrogen and oxygen atoms in total. The molecule has 2 fully saturated rings. The van der Waals surface area contributed by atoms with E-state index in [-0.39, 0.29) is 29.3 Å². The second kappa shape index (κ2) is 6.51. The van der Waals surface area contributed by atoms with E-state index in [1.165, 1.54) is 31.3 Å². The second-order valence-electron chi connectivity index (χ2n) is 7.88. The van der Waals surface area contributed by atoms with Gasteiger partial charge in [-0.2, -0.15) is 0 Å². The molecule has 5 rings (SSSR count). The summed E-state index contributed by atoms with van der Waals surface area (Å²) >= 11 is 0. The molecule has 2 N–H and O–H groups in total. The van der Waals surface area contributed by atoms with E-state index < -0.39 is 23.6 Å². The summed E-state index contributed by atoms with van der Waals surface area (Å²) in [6, 6.07) is 7.71. The van der Waals surface area contributed by atoms with E-state index in [4.69, 9.17) is 0 Å². The van der Waals surface area contributed by atoms with Crippen LogP contribution in [0.2, 0.25) is 0 Å². The number of imide groups is 1. The highest BCUT2D eigenvalue weighted by atomic mass is 19.1. The number of benzene rings is 2. The number of halogens is 2. The first-order valence-corrected chi connectivity index (χ1v) is 9.57. The number of rotatable bonds is 3. The van der Waals surface area contributed by atoms with Gasteiger partial charge < -0.3 is 15.5 Å². The van der Waals surface area contributed by atoms with E-state index in [1.807, 2.05) is 4.90 Å². The average molecular weight is 412 g/mol. The van der Waals surface area contributed by atoms with Gasteiger partial charge in [0.1, 0.15) is 11.6 Å². The monoisotopic (exact) mass is 412 g/mol. The minimum atomic E-state index is -0.610. The van der Waals surface area contributed by atoms with E-state index in [9.17, 15) is 23.2 Å². The third kappa shape index (κ3) is 2.89. The van der Waals surface area contributed by atoms with Gasteiger partial charge >= 0.3 is 6.03 Å². The highest BCUT2D eigenvalue weighted by molar-refractivity contribution is 6.21. The molecule has 1 saturated carbocycles. The molecule has 0 spiro atoms. The first-order chi connectivity index (χ1) is 14.3. The van der Waals surface area contributed by atoms with Crippen LogP contribution < -0.4 is 15.5 Å². The van der Waals surface area contributed by atoms with Gasteiger partial charge in [-0.1, -0.05) is 0 Å². The molecule has 0 aromatic heterocycles. The van der Waals surface area contributed by atoms with Crippen LogP contribution in [0.25, 0.3) is 0 Å². The number of fused-ring (bicyclic) bond motifs is 2. The van der Waals surface area contributed by atoms with Gasteiger partial charge in [-0.05, 0) is 30.3 Å². The smallest absolute Gasteiger partial charge is 0.319 e. The minimum absolute atomic E-state index is 0.0199. The Kier molecular flexibility index (Phi) is 4.02. The SMILES string of the molecule is CN1C(=O)c2ccc(NC(=O)NC3C4CN(c5ccc(F)cc5F)CC43)cc2C1=O. The van der Waals surface area contributed by atoms with Crippen LogP contribution in [-0.2, 0) is 0 Å². The number of urea groups is 1. The number of amides is 4. The quantitative estimate of drug-likeness (QED) is 0.759. The Balaban J connectivity index is 1.18. The molecular formula is C21H18F2N4O3. The maximum absolute atomic E-state index is 14.0. The molecule has 2 aliphatic heterocycles. The van der Waals surface area contributed by atoms with E-state index in [0.29, 0.717) is 30.0 Å². The van der Waals surface area contributed by atoms with Crippen molar-refractivity contribution in [1.82, 2.24) is 10.2 Å². The van der Waals surface area contributed by atoms with Crippen LogP contribution in [0.1, 0.15) is 20.7 Å². The lowest BCUT2D eigenvalue weighted by molar-refractivity contribution is 0.0693. The fourth-order valence-electron chi connectivity index (χ4n) is 4.43. The summed E-state index contributed by atoms with van der Waals surface area (Å²) < 4.78 is 27.0. The Morgan fingerprint density at radius 2 is 1.70 bits per heavy atom. The number of anilines is 2. The summed E-state index contributed by atoms with van der Waals surface area (Å²) in [5.41, 5.74) is 1.37. The molecule has 4 amide bonds. The van der Waals surface area contributed by atoms with E-state index >= 15 is 0 Å². The van der Waals surface area contributed by atoms with Crippen molar-refractivity contribution in [3.8, 4) is 0 Å². The molecule has 2 heterocycles. The number of piperidine rings is 1. The van der Waals surface area contributed by atoms with Gasteiger partial charge in [0.25, 0.3) is 11.8 Å². The van der Waals surface area contributed by atoms with Crippen molar-refractivity contribution >= 4 is 29.2 Å². The van der Waals surface area contributed by atoms with E-state index in [2.05, 4.69) is 10.6 Å². The van der Waals surface area contributed by atoms with Gasteiger partial charge in [0, 0.05) is 49.8 Å². The number of carbonyl (C=O) groups excluding carboxylic acids is 3. The molecule has 2 atom stereocenters. The molecule has 1 aliphatic carbocycles. The molecule has 2 aromatic carbocycles. The molecule has 30 heavy (non-hydrogen) atoms. The van der Waals surface area contributed by atoms with Crippen LogP contribution in [0.15, 0.2) is 36.4 Å². The van der Waals surface area contributed by atoms with Gasteiger partial charge in [0.05, 0.1) is 16.8 Å². The zero-order valence-corrected chi connectivity index (χ0v) is 16.0. The van der Waals surface area contributed by atoms with Crippen molar-refractivity contribution in [1.29, 1.82) is 0 Å². The summed E-state index contributed by atoms with van der Waals surface area (Å²) in [4.78, 5) is 39.3. The van der Waals surface area contributed by atoms with Crippen LogP contribution in [0.5, 0.6) is 0 Å². The second-order valence-corrected chi connectivity index (χ2v) is 7.88. The maximum atomic E-state index is 14.0. The molecule has 0 bridgehead atoms. The van der Waals surface area contributed by atoms with Crippen LogP contribution in [-0.4, -0.2) is 48.9 Å². The van der Waals surface area contributed by atoms with Gasteiger partial charge in [0.2, 0.25) is 0 Å². The van der Waals surface area contributed by atoms with Gasteiger partial charge in [-0.25, -0.2) is 13.6 Å². The predicted octanol–water partition coefficient (Wildman–Crippen LogP) is 2.45. The first kappa shape index (κ1) is 18.5. The van der Waals surface area contributed by atoms with Gasteiger partial charge in [-0.15, -0.1) is 0 Å². The van der Waals surface area contributed by atoms with Crippen LogP contribution in [0, 0.1) is 23.5 Å². The minimum Gasteiger partial charge on any atom is -0.368 e. The summed E-state index contributed by atoms with van der Waals surface area (Å²) in [5, 5.41) is 5.60. The third-order valence-corrected chi connectivity index (χ3v) is 6.09. The summed E-state index contributed by atoms with van der Waals surface area (Å²) in [5.74, 6) is -1.56. The Morgan fingerprint density at radius 1 is 1.00 bits per heavy atom. The summed E-state index contributed by atoms with van der Waals surface area (Å²) in [6.07, 6.45) is 0. The molecule has 9 heteroatoms. The summed E-state index contributed by atoms with van der Waals surface area (Å²) in [6.45, 7) is 1.17. The van der Waals surface area contributed by atoms with Crippen molar-refractivity contribution in [3.63, 3.8) is 0 Å². The van der Waals surface area contributed by atoms with Crippen LogP contribution in [0.3, 0.4) is 0 Å². The Morgan fingerprint density at radius 3 is 2.40 bits per heavy atom. The highest BCUT2D eigenvalue weighted by Crippen LogP contribution is 2.47.